The molecule has 138 valence electrons. The molecule has 0 aliphatic heterocycles. The average molecular weight is 408 g/mol. The highest BCUT2D eigenvalue weighted by Crippen LogP contribution is 2.27. The minimum Gasteiger partial charge on any atom is -0.315 e. The predicted octanol–water partition coefficient (Wildman–Crippen LogP) is 4.84. The minimum absolute atomic E-state index is 0.0737. The lowest BCUT2D eigenvalue weighted by Crippen LogP contribution is -2.28. The van der Waals surface area contributed by atoms with Crippen molar-refractivity contribution in [1.29, 1.82) is 0 Å². The zero-order chi connectivity index (χ0) is 18.4. The monoisotopic (exact) mass is 407 g/mol. The van der Waals surface area contributed by atoms with Crippen LogP contribution >= 0.6 is 15.9 Å². The Labute approximate surface area is 159 Å². The van der Waals surface area contributed by atoms with E-state index < -0.39 is 0 Å². The second-order valence-corrected chi connectivity index (χ2v) is 7.62. The van der Waals surface area contributed by atoms with Crippen LogP contribution in [0, 0.1) is 0 Å². The molecule has 5 heteroatoms. The van der Waals surface area contributed by atoms with Gasteiger partial charge in [0.05, 0.1) is 10.9 Å². The SMILES string of the molecule is CCC[C@H](CC[C@H](C)NCC)c1nc2ccc(Br)cc2c(=O)n1CC. The molecule has 1 aromatic heterocycles. The zero-order valence-corrected chi connectivity index (χ0v) is 17.4. The molecule has 0 saturated carbocycles. The first-order chi connectivity index (χ1) is 12.0. The quantitative estimate of drug-likeness (QED) is 0.646. The smallest absolute Gasteiger partial charge is 0.261 e. The maximum atomic E-state index is 13.0. The molecule has 0 amide bonds. The van der Waals surface area contributed by atoms with Crippen molar-refractivity contribution in [2.75, 3.05) is 6.54 Å². The van der Waals surface area contributed by atoms with Crippen LogP contribution < -0.4 is 10.9 Å². The molecule has 2 rings (SSSR count). The Balaban J connectivity index is 2.43. The summed E-state index contributed by atoms with van der Waals surface area (Å²) in [5.41, 5.74) is 0.873. The molecule has 2 atom stereocenters. The lowest BCUT2D eigenvalue weighted by Gasteiger charge is -2.22. The van der Waals surface area contributed by atoms with Crippen LogP contribution in [0.15, 0.2) is 27.5 Å². The molecule has 1 heterocycles. The van der Waals surface area contributed by atoms with Gasteiger partial charge in [-0.15, -0.1) is 0 Å². The van der Waals surface area contributed by atoms with Gasteiger partial charge in [-0.1, -0.05) is 36.2 Å². The third-order valence-corrected chi connectivity index (χ3v) is 5.26. The summed E-state index contributed by atoms with van der Waals surface area (Å²) in [5.74, 6) is 1.28. The van der Waals surface area contributed by atoms with Crippen molar-refractivity contribution < 1.29 is 0 Å². The summed E-state index contributed by atoms with van der Waals surface area (Å²) >= 11 is 3.46. The normalized spacial score (nSPS) is 14.0. The van der Waals surface area contributed by atoms with Gasteiger partial charge in [0, 0.05) is 23.0 Å². The first-order valence-corrected chi connectivity index (χ1v) is 10.2. The van der Waals surface area contributed by atoms with E-state index in [-0.39, 0.29) is 5.56 Å². The third-order valence-electron chi connectivity index (χ3n) is 4.76. The van der Waals surface area contributed by atoms with Crippen molar-refractivity contribution in [3.05, 3.63) is 38.9 Å². The first kappa shape index (κ1) is 20.1. The summed E-state index contributed by atoms with van der Waals surface area (Å²) in [4.78, 5) is 17.9. The van der Waals surface area contributed by atoms with E-state index >= 15 is 0 Å². The fraction of sp³-hybridized carbons (Fsp3) is 0.600. The van der Waals surface area contributed by atoms with Crippen LogP contribution in [0.3, 0.4) is 0 Å². The fourth-order valence-corrected chi connectivity index (χ4v) is 3.84. The molecule has 0 aliphatic carbocycles. The number of aromatic nitrogens is 2. The second-order valence-electron chi connectivity index (χ2n) is 6.70. The van der Waals surface area contributed by atoms with Crippen LogP contribution in [0.2, 0.25) is 0 Å². The van der Waals surface area contributed by atoms with E-state index in [4.69, 9.17) is 4.98 Å². The Morgan fingerprint density at radius 3 is 2.60 bits per heavy atom. The number of fused-ring (bicyclic) bond motifs is 1. The Bertz CT molecular complexity index is 756. The molecule has 1 aromatic carbocycles. The largest absolute Gasteiger partial charge is 0.315 e. The number of halogens is 1. The summed E-state index contributed by atoms with van der Waals surface area (Å²) in [6, 6.07) is 6.26. The second kappa shape index (κ2) is 9.48. The fourth-order valence-electron chi connectivity index (χ4n) is 3.48. The number of nitrogens with zero attached hydrogens (tertiary/aromatic N) is 2. The highest BCUT2D eigenvalue weighted by molar-refractivity contribution is 9.10. The molecule has 0 unspecified atom stereocenters. The van der Waals surface area contributed by atoms with Crippen LogP contribution in [-0.4, -0.2) is 22.1 Å². The summed E-state index contributed by atoms with van der Waals surface area (Å²) in [6.45, 7) is 10.2. The molecular weight excluding hydrogens is 378 g/mol. The van der Waals surface area contributed by atoms with Gasteiger partial charge < -0.3 is 5.32 Å². The van der Waals surface area contributed by atoms with Crippen molar-refractivity contribution in [3.8, 4) is 0 Å². The maximum absolute atomic E-state index is 13.0. The van der Waals surface area contributed by atoms with Gasteiger partial charge in [-0.2, -0.15) is 0 Å². The van der Waals surface area contributed by atoms with Crippen molar-refractivity contribution in [3.63, 3.8) is 0 Å². The molecule has 25 heavy (non-hydrogen) atoms. The maximum Gasteiger partial charge on any atom is 0.261 e. The molecule has 0 saturated heterocycles. The molecular formula is C20H30BrN3O. The summed E-state index contributed by atoms with van der Waals surface area (Å²) in [7, 11) is 0. The van der Waals surface area contributed by atoms with Crippen molar-refractivity contribution in [2.45, 2.75) is 71.9 Å². The summed E-state index contributed by atoms with van der Waals surface area (Å²) in [5, 5.41) is 4.17. The van der Waals surface area contributed by atoms with E-state index in [9.17, 15) is 4.79 Å². The zero-order valence-electron chi connectivity index (χ0n) is 15.8. The topological polar surface area (TPSA) is 46.9 Å². The molecule has 4 nitrogen and oxygen atoms in total. The van der Waals surface area contributed by atoms with E-state index in [1.54, 1.807) is 0 Å². The Hall–Kier alpha value is -1.20. The van der Waals surface area contributed by atoms with E-state index in [0.29, 0.717) is 23.9 Å². The first-order valence-electron chi connectivity index (χ1n) is 9.45. The minimum atomic E-state index is 0.0737. The van der Waals surface area contributed by atoms with Crippen molar-refractivity contribution in [1.82, 2.24) is 14.9 Å². The van der Waals surface area contributed by atoms with E-state index in [1.807, 2.05) is 29.7 Å². The van der Waals surface area contributed by atoms with Crippen LogP contribution in [0.5, 0.6) is 0 Å². The standard InChI is InChI=1S/C20H30BrN3O/c1-5-8-15(10-9-14(4)22-6-2)19-23-18-12-11-16(21)13-17(18)20(25)24(19)7-3/h11-15,22H,5-10H2,1-4H3/t14-,15+/m0/s1. The van der Waals surface area contributed by atoms with E-state index in [1.165, 1.54) is 0 Å². The highest BCUT2D eigenvalue weighted by Gasteiger charge is 2.20. The van der Waals surface area contributed by atoms with Gasteiger partial charge >= 0.3 is 0 Å². The van der Waals surface area contributed by atoms with Crippen LogP contribution in [-0.2, 0) is 6.54 Å². The molecule has 0 spiro atoms. The molecule has 0 bridgehead atoms. The molecule has 2 aromatic rings. The Morgan fingerprint density at radius 2 is 1.96 bits per heavy atom. The van der Waals surface area contributed by atoms with Gasteiger partial charge in [0.1, 0.15) is 5.82 Å². The van der Waals surface area contributed by atoms with Gasteiger partial charge in [0.15, 0.2) is 0 Å². The molecule has 0 aliphatic rings. The Kier molecular flexibility index (Phi) is 7.63. The lowest BCUT2D eigenvalue weighted by atomic mass is 9.94. The number of nitrogens with one attached hydrogen (secondary N) is 1. The molecule has 0 radical (unpaired) electrons. The van der Waals surface area contributed by atoms with Crippen molar-refractivity contribution in [2.24, 2.45) is 0 Å². The van der Waals surface area contributed by atoms with Crippen LogP contribution in [0.25, 0.3) is 10.9 Å². The number of rotatable bonds is 9. The predicted molar refractivity (Wildman–Crippen MR) is 109 cm³/mol. The van der Waals surface area contributed by atoms with Gasteiger partial charge in [0.25, 0.3) is 5.56 Å². The van der Waals surface area contributed by atoms with Gasteiger partial charge in [-0.25, -0.2) is 4.98 Å². The molecule has 1 N–H and O–H groups in total. The number of hydrogen-bond acceptors (Lipinski definition) is 3. The van der Waals surface area contributed by atoms with Gasteiger partial charge in [0.2, 0.25) is 0 Å². The third kappa shape index (κ3) is 4.91. The number of benzene rings is 1. The molecule has 0 fully saturated rings. The van der Waals surface area contributed by atoms with Gasteiger partial charge in [-0.3, -0.25) is 9.36 Å². The summed E-state index contributed by atoms with van der Waals surface area (Å²) in [6.07, 6.45) is 4.30. The van der Waals surface area contributed by atoms with Gasteiger partial charge in [-0.05, 0) is 57.9 Å². The average Bonchev–Trinajstić information content (AvgIpc) is 2.59. The highest BCUT2D eigenvalue weighted by atomic mass is 79.9. The summed E-state index contributed by atoms with van der Waals surface area (Å²) < 4.78 is 2.78. The lowest BCUT2D eigenvalue weighted by molar-refractivity contribution is 0.437. The van der Waals surface area contributed by atoms with E-state index in [2.05, 4.69) is 42.0 Å². The van der Waals surface area contributed by atoms with E-state index in [0.717, 1.165) is 48.0 Å². The number of hydrogen-bond donors (Lipinski definition) is 1. The van der Waals surface area contributed by atoms with Crippen LogP contribution in [0.1, 0.15) is 65.1 Å². The Morgan fingerprint density at radius 1 is 1.20 bits per heavy atom. The van der Waals surface area contributed by atoms with Crippen molar-refractivity contribution >= 4 is 26.8 Å². The van der Waals surface area contributed by atoms with Crippen LogP contribution in [0.4, 0.5) is 0 Å².